The van der Waals surface area contributed by atoms with Crippen molar-refractivity contribution in [2.24, 2.45) is 0 Å². The van der Waals surface area contributed by atoms with Gasteiger partial charge in [0, 0.05) is 11.9 Å². The van der Waals surface area contributed by atoms with E-state index in [0.717, 1.165) is 5.00 Å². The number of nitrogen functional groups attached to an aromatic ring is 2. The lowest BCUT2D eigenvalue weighted by atomic mass is 10.5. The molecule has 0 aliphatic rings. The van der Waals surface area contributed by atoms with Gasteiger partial charge in [-0.25, -0.2) is 0 Å². The van der Waals surface area contributed by atoms with E-state index in [2.05, 4.69) is 15.0 Å². The largest absolute Gasteiger partial charge is 0.368 e. The first-order valence-corrected chi connectivity index (χ1v) is 5.45. The van der Waals surface area contributed by atoms with E-state index < -0.39 is 0 Å². The molecule has 2 aromatic heterocycles. The van der Waals surface area contributed by atoms with Crippen LogP contribution >= 0.6 is 11.3 Å². The summed E-state index contributed by atoms with van der Waals surface area (Å²) in [5.74, 6) is 0.706. The fourth-order valence-electron chi connectivity index (χ4n) is 1.25. The van der Waals surface area contributed by atoms with Crippen LogP contribution in [0.3, 0.4) is 0 Å². The molecule has 16 heavy (non-hydrogen) atoms. The summed E-state index contributed by atoms with van der Waals surface area (Å²) < 4.78 is 0. The second kappa shape index (κ2) is 3.93. The summed E-state index contributed by atoms with van der Waals surface area (Å²) in [4.78, 5) is 14.8. The van der Waals surface area contributed by atoms with Crippen LogP contribution in [-0.2, 0) is 0 Å². The van der Waals surface area contributed by atoms with Gasteiger partial charge in [-0.05, 0) is 19.1 Å². The van der Waals surface area contributed by atoms with E-state index in [1.165, 1.54) is 4.88 Å². The zero-order valence-electron chi connectivity index (χ0n) is 9.01. The second-order valence-electron chi connectivity index (χ2n) is 3.30. The number of nitrogens with two attached hydrogens (primary N) is 2. The van der Waals surface area contributed by atoms with Gasteiger partial charge in [0.15, 0.2) is 0 Å². The lowest BCUT2D eigenvalue weighted by Crippen LogP contribution is -2.15. The van der Waals surface area contributed by atoms with Crippen molar-refractivity contribution in [2.75, 3.05) is 23.4 Å². The maximum Gasteiger partial charge on any atom is 0.236 e. The van der Waals surface area contributed by atoms with Crippen LogP contribution < -0.4 is 16.4 Å². The molecule has 2 heterocycles. The summed E-state index contributed by atoms with van der Waals surface area (Å²) in [6.07, 6.45) is 0. The molecular formula is C9H12N6S. The standard InChI is InChI=1S/C9H12N6S/c1-5-3-4-6(16-5)15(2)9-13-7(10)12-8(11)14-9/h3-4H,1-2H3,(H4,10,11,12,13,14). The molecule has 0 unspecified atom stereocenters. The molecule has 0 aliphatic heterocycles. The number of anilines is 4. The topological polar surface area (TPSA) is 94.0 Å². The first-order valence-electron chi connectivity index (χ1n) is 4.63. The number of aryl methyl sites for hydroxylation is 1. The molecule has 2 rings (SSSR count). The van der Waals surface area contributed by atoms with Gasteiger partial charge in [-0.3, -0.25) is 0 Å². The zero-order valence-corrected chi connectivity index (χ0v) is 9.82. The second-order valence-corrected chi connectivity index (χ2v) is 4.56. The van der Waals surface area contributed by atoms with Crippen molar-refractivity contribution in [1.82, 2.24) is 15.0 Å². The Balaban J connectivity index is 2.37. The molecule has 0 fully saturated rings. The number of aromatic nitrogens is 3. The molecule has 0 atom stereocenters. The quantitative estimate of drug-likeness (QED) is 0.813. The Morgan fingerprint density at radius 3 is 2.25 bits per heavy atom. The summed E-state index contributed by atoms with van der Waals surface area (Å²) in [5.41, 5.74) is 11.0. The van der Waals surface area contributed by atoms with Crippen molar-refractivity contribution < 1.29 is 0 Å². The van der Waals surface area contributed by atoms with Gasteiger partial charge in [0.2, 0.25) is 17.8 Å². The van der Waals surface area contributed by atoms with E-state index in [-0.39, 0.29) is 11.9 Å². The van der Waals surface area contributed by atoms with Gasteiger partial charge < -0.3 is 16.4 Å². The zero-order chi connectivity index (χ0) is 11.7. The summed E-state index contributed by atoms with van der Waals surface area (Å²) in [7, 11) is 1.86. The van der Waals surface area contributed by atoms with Crippen molar-refractivity contribution in [2.45, 2.75) is 6.92 Å². The van der Waals surface area contributed by atoms with E-state index in [0.29, 0.717) is 5.95 Å². The Morgan fingerprint density at radius 2 is 1.75 bits per heavy atom. The molecule has 84 valence electrons. The molecule has 0 amide bonds. The van der Waals surface area contributed by atoms with Gasteiger partial charge in [0.05, 0.1) is 5.00 Å². The number of hydrogen-bond acceptors (Lipinski definition) is 7. The van der Waals surface area contributed by atoms with E-state index >= 15 is 0 Å². The maximum atomic E-state index is 5.52. The lowest BCUT2D eigenvalue weighted by Gasteiger charge is -2.14. The Morgan fingerprint density at radius 1 is 1.12 bits per heavy atom. The minimum Gasteiger partial charge on any atom is -0.368 e. The Labute approximate surface area is 97.0 Å². The third-order valence-corrected chi connectivity index (χ3v) is 3.09. The van der Waals surface area contributed by atoms with Crippen LogP contribution in [0, 0.1) is 6.92 Å². The van der Waals surface area contributed by atoms with Crippen molar-refractivity contribution in [3.8, 4) is 0 Å². The fraction of sp³-hybridized carbons (Fsp3) is 0.222. The summed E-state index contributed by atoms with van der Waals surface area (Å²) in [6.45, 7) is 2.04. The molecule has 0 aromatic carbocycles. The van der Waals surface area contributed by atoms with E-state index in [1.807, 2.05) is 31.0 Å². The van der Waals surface area contributed by atoms with Crippen molar-refractivity contribution in [1.29, 1.82) is 0 Å². The highest BCUT2D eigenvalue weighted by Crippen LogP contribution is 2.28. The molecule has 0 saturated carbocycles. The van der Waals surface area contributed by atoms with Crippen LogP contribution in [0.1, 0.15) is 4.88 Å². The van der Waals surface area contributed by atoms with Crippen molar-refractivity contribution >= 4 is 34.2 Å². The molecule has 0 aliphatic carbocycles. The highest BCUT2D eigenvalue weighted by Gasteiger charge is 2.10. The first kappa shape index (κ1) is 10.6. The number of rotatable bonds is 2. The van der Waals surface area contributed by atoms with Crippen LogP contribution in [0.5, 0.6) is 0 Å². The smallest absolute Gasteiger partial charge is 0.236 e. The SMILES string of the molecule is Cc1ccc(N(C)c2nc(N)nc(N)n2)s1. The van der Waals surface area contributed by atoms with Crippen LogP contribution in [-0.4, -0.2) is 22.0 Å². The lowest BCUT2D eigenvalue weighted by molar-refractivity contribution is 1.01. The van der Waals surface area contributed by atoms with Gasteiger partial charge in [-0.2, -0.15) is 15.0 Å². The molecule has 2 aromatic rings. The number of hydrogen-bond donors (Lipinski definition) is 2. The molecular weight excluding hydrogens is 224 g/mol. The van der Waals surface area contributed by atoms with Gasteiger partial charge in [0.25, 0.3) is 0 Å². The third-order valence-electron chi connectivity index (χ3n) is 2.01. The minimum absolute atomic E-state index is 0.127. The van der Waals surface area contributed by atoms with E-state index in [9.17, 15) is 0 Å². The van der Waals surface area contributed by atoms with Crippen LogP contribution in [0.25, 0.3) is 0 Å². The van der Waals surface area contributed by atoms with E-state index in [1.54, 1.807) is 11.3 Å². The van der Waals surface area contributed by atoms with Crippen molar-refractivity contribution in [3.63, 3.8) is 0 Å². The van der Waals surface area contributed by atoms with Crippen molar-refractivity contribution in [3.05, 3.63) is 17.0 Å². The first-order chi connectivity index (χ1) is 7.56. The Hall–Kier alpha value is -1.89. The number of thiophene rings is 1. The third kappa shape index (κ3) is 2.03. The van der Waals surface area contributed by atoms with Gasteiger partial charge in [0.1, 0.15) is 0 Å². The predicted molar refractivity (Wildman–Crippen MR) is 65.8 cm³/mol. The monoisotopic (exact) mass is 236 g/mol. The summed E-state index contributed by atoms with van der Waals surface area (Å²) in [5, 5.41) is 1.03. The molecule has 6 nitrogen and oxygen atoms in total. The van der Waals surface area contributed by atoms with E-state index in [4.69, 9.17) is 11.5 Å². The average molecular weight is 236 g/mol. The van der Waals surface area contributed by atoms with Gasteiger partial charge >= 0.3 is 0 Å². The Bertz CT molecular complexity index is 488. The van der Waals surface area contributed by atoms with Crippen LogP contribution in [0.2, 0.25) is 0 Å². The normalized spacial score (nSPS) is 10.4. The van der Waals surface area contributed by atoms with Gasteiger partial charge in [-0.15, -0.1) is 11.3 Å². The molecule has 0 saturated heterocycles. The summed E-state index contributed by atoms with van der Waals surface area (Å²) in [6, 6.07) is 4.03. The maximum absolute atomic E-state index is 5.52. The molecule has 7 heteroatoms. The molecule has 0 radical (unpaired) electrons. The fourth-order valence-corrected chi connectivity index (χ4v) is 2.07. The minimum atomic E-state index is 0.127. The number of nitrogens with zero attached hydrogens (tertiary/aromatic N) is 4. The highest BCUT2D eigenvalue weighted by atomic mass is 32.1. The highest BCUT2D eigenvalue weighted by molar-refractivity contribution is 7.16. The van der Waals surface area contributed by atoms with Crippen LogP contribution in [0.4, 0.5) is 22.8 Å². The molecule has 4 N–H and O–H groups in total. The van der Waals surface area contributed by atoms with Crippen LogP contribution in [0.15, 0.2) is 12.1 Å². The van der Waals surface area contributed by atoms with Gasteiger partial charge in [-0.1, -0.05) is 0 Å². The molecule has 0 bridgehead atoms. The summed E-state index contributed by atoms with van der Waals surface area (Å²) >= 11 is 1.65. The predicted octanol–water partition coefficient (Wildman–Crippen LogP) is 1.17. The molecule has 0 spiro atoms. The average Bonchev–Trinajstić information content (AvgIpc) is 2.62. The Kier molecular flexibility index (Phi) is 2.61.